The van der Waals surface area contributed by atoms with Crippen LogP contribution in [-0.4, -0.2) is 6.54 Å². The molecule has 0 saturated heterocycles. The highest BCUT2D eigenvalue weighted by atomic mass is 35.5. The highest BCUT2D eigenvalue weighted by Crippen LogP contribution is 2.18. The SMILES string of the molecule is CCC(CC)CN[C@H](C)c1cccc(Cl)c1. The molecule has 0 amide bonds. The van der Waals surface area contributed by atoms with Gasteiger partial charge in [0.05, 0.1) is 0 Å². The molecule has 0 aliphatic rings. The van der Waals surface area contributed by atoms with Gasteiger partial charge in [-0.1, -0.05) is 50.4 Å². The van der Waals surface area contributed by atoms with Crippen LogP contribution in [0.2, 0.25) is 5.02 Å². The molecule has 0 spiro atoms. The van der Waals surface area contributed by atoms with Gasteiger partial charge in [0, 0.05) is 11.1 Å². The molecule has 1 atom stereocenters. The Hall–Kier alpha value is -0.530. The first-order valence-corrected chi connectivity index (χ1v) is 6.54. The second-order valence-electron chi connectivity index (χ2n) is 4.37. The van der Waals surface area contributed by atoms with E-state index in [2.05, 4.69) is 32.2 Å². The molecule has 0 heterocycles. The average molecular weight is 240 g/mol. The van der Waals surface area contributed by atoms with E-state index in [1.165, 1.54) is 18.4 Å². The van der Waals surface area contributed by atoms with Crippen molar-refractivity contribution in [2.75, 3.05) is 6.54 Å². The third-order valence-electron chi connectivity index (χ3n) is 3.22. The highest BCUT2D eigenvalue weighted by Gasteiger charge is 2.08. The van der Waals surface area contributed by atoms with Gasteiger partial charge in [0.1, 0.15) is 0 Å². The lowest BCUT2D eigenvalue weighted by atomic mass is 10.0. The molecule has 0 radical (unpaired) electrons. The third-order valence-corrected chi connectivity index (χ3v) is 3.45. The molecule has 90 valence electrons. The largest absolute Gasteiger partial charge is 0.310 e. The van der Waals surface area contributed by atoms with Gasteiger partial charge in [-0.15, -0.1) is 0 Å². The number of rotatable bonds is 6. The smallest absolute Gasteiger partial charge is 0.0409 e. The van der Waals surface area contributed by atoms with Crippen LogP contribution in [0.25, 0.3) is 0 Å². The zero-order valence-electron chi connectivity index (χ0n) is 10.5. The summed E-state index contributed by atoms with van der Waals surface area (Å²) in [7, 11) is 0. The molecule has 0 fully saturated rings. The molecule has 1 aromatic carbocycles. The number of hydrogen-bond acceptors (Lipinski definition) is 1. The molecule has 1 rings (SSSR count). The Morgan fingerprint density at radius 2 is 1.94 bits per heavy atom. The lowest BCUT2D eigenvalue weighted by Gasteiger charge is -2.19. The summed E-state index contributed by atoms with van der Waals surface area (Å²) in [6.07, 6.45) is 2.48. The predicted molar refractivity (Wildman–Crippen MR) is 71.9 cm³/mol. The Morgan fingerprint density at radius 3 is 2.50 bits per heavy atom. The van der Waals surface area contributed by atoms with Gasteiger partial charge in [0.15, 0.2) is 0 Å². The molecule has 0 aliphatic heterocycles. The second-order valence-corrected chi connectivity index (χ2v) is 4.80. The third kappa shape index (κ3) is 4.15. The van der Waals surface area contributed by atoms with E-state index < -0.39 is 0 Å². The summed E-state index contributed by atoms with van der Waals surface area (Å²) < 4.78 is 0. The van der Waals surface area contributed by atoms with Crippen molar-refractivity contribution in [3.63, 3.8) is 0 Å². The maximum absolute atomic E-state index is 5.98. The van der Waals surface area contributed by atoms with Crippen molar-refractivity contribution < 1.29 is 0 Å². The summed E-state index contributed by atoms with van der Waals surface area (Å²) in [4.78, 5) is 0. The van der Waals surface area contributed by atoms with Crippen LogP contribution in [0.4, 0.5) is 0 Å². The van der Waals surface area contributed by atoms with Crippen LogP contribution in [0.3, 0.4) is 0 Å². The average Bonchev–Trinajstić information content (AvgIpc) is 2.30. The van der Waals surface area contributed by atoms with E-state index >= 15 is 0 Å². The monoisotopic (exact) mass is 239 g/mol. The van der Waals surface area contributed by atoms with Gasteiger partial charge in [0.2, 0.25) is 0 Å². The van der Waals surface area contributed by atoms with Gasteiger partial charge in [0.25, 0.3) is 0 Å². The van der Waals surface area contributed by atoms with Crippen molar-refractivity contribution in [3.05, 3.63) is 34.9 Å². The fourth-order valence-corrected chi connectivity index (χ4v) is 2.01. The number of halogens is 1. The van der Waals surface area contributed by atoms with Crippen LogP contribution in [0.15, 0.2) is 24.3 Å². The van der Waals surface area contributed by atoms with Gasteiger partial charge < -0.3 is 5.32 Å². The van der Waals surface area contributed by atoms with Crippen molar-refractivity contribution >= 4 is 11.6 Å². The van der Waals surface area contributed by atoms with Crippen LogP contribution in [-0.2, 0) is 0 Å². The first-order chi connectivity index (χ1) is 7.67. The maximum atomic E-state index is 5.98. The van der Waals surface area contributed by atoms with Crippen molar-refractivity contribution in [1.82, 2.24) is 5.32 Å². The molecule has 0 saturated carbocycles. The summed E-state index contributed by atoms with van der Waals surface area (Å²) >= 11 is 5.98. The normalized spacial score (nSPS) is 13.1. The van der Waals surface area contributed by atoms with E-state index in [0.717, 1.165) is 17.5 Å². The second kappa shape index (κ2) is 6.93. The zero-order valence-corrected chi connectivity index (χ0v) is 11.2. The molecule has 0 unspecified atom stereocenters. The van der Waals surface area contributed by atoms with Crippen LogP contribution in [0, 0.1) is 5.92 Å². The topological polar surface area (TPSA) is 12.0 Å². The van der Waals surface area contributed by atoms with Crippen molar-refractivity contribution in [2.24, 2.45) is 5.92 Å². The molecule has 16 heavy (non-hydrogen) atoms. The minimum absolute atomic E-state index is 0.374. The summed E-state index contributed by atoms with van der Waals surface area (Å²) in [6.45, 7) is 7.77. The Balaban J connectivity index is 2.49. The number of hydrogen-bond donors (Lipinski definition) is 1. The molecule has 1 aromatic rings. The van der Waals surface area contributed by atoms with Crippen molar-refractivity contribution in [2.45, 2.75) is 39.7 Å². The Bertz CT molecular complexity index is 307. The summed E-state index contributed by atoms with van der Waals surface area (Å²) in [5.41, 5.74) is 1.26. The molecule has 1 nitrogen and oxygen atoms in total. The van der Waals surface area contributed by atoms with E-state index in [-0.39, 0.29) is 0 Å². The Labute approximate surface area is 104 Å². The first-order valence-electron chi connectivity index (χ1n) is 6.16. The summed E-state index contributed by atoms with van der Waals surface area (Å²) in [6, 6.07) is 8.45. The fourth-order valence-electron chi connectivity index (χ4n) is 1.81. The van der Waals surface area contributed by atoms with Crippen molar-refractivity contribution in [3.8, 4) is 0 Å². The Morgan fingerprint density at radius 1 is 1.25 bits per heavy atom. The van der Waals surface area contributed by atoms with Crippen LogP contribution in [0.1, 0.15) is 45.2 Å². The quantitative estimate of drug-likeness (QED) is 0.775. The predicted octanol–water partition coefficient (Wildman–Crippen LogP) is 4.43. The van der Waals surface area contributed by atoms with E-state index in [1.807, 2.05) is 18.2 Å². The molecule has 0 aliphatic carbocycles. The minimum Gasteiger partial charge on any atom is -0.310 e. The fraction of sp³-hybridized carbons (Fsp3) is 0.571. The summed E-state index contributed by atoms with van der Waals surface area (Å²) in [5, 5.41) is 4.38. The molecule has 1 N–H and O–H groups in total. The number of benzene rings is 1. The summed E-state index contributed by atoms with van der Waals surface area (Å²) in [5.74, 6) is 0.779. The molecule has 0 bridgehead atoms. The van der Waals surface area contributed by atoms with E-state index in [0.29, 0.717) is 6.04 Å². The maximum Gasteiger partial charge on any atom is 0.0409 e. The Kier molecular flexibility index (Phi) is 5.86. The van der Waals surface area contributed by atoms with Crippen LogP contribution in [0.5, 0.6) is 0 Å². The highest BCUT2D eigenvalue weighted by molar-refractivity contribution is 6.30. The number of nitrogens with one attached hydrogen (secondary N) is 1. The van der Waals surface area contributed by atoms with E-state index in [4.69, 9.17) is 11.6 Å². The van der Waals surface area contributed by atoms with E-state index in [9.17, 15) is 0 Å². The van der Waals surface area contributed by atoms with Crippen LogP contribution >= 0.6 is 11.6 Å². The lowest BCUT2D eigenvalue weighted by molar-refractivity contribution is 0.422. The molecule has 0 aromatic heterocycles. The lowest BCUT2D eigenvalue weighted by Crippen LogP contribution is -2.25. The van der Waals surface area contributed by atoms with Gasteiger partial charge in [-0.3, -0.25) is 0 Å². The van der Waals surface area contributed by atoms with Crippen LogP contribution < -0.4 is 5.32 Å². The molecular weight excluding hydrogens is 218 g/mol. The van der Waals surface area contributed by atoms with Gasteiger partial charge in [-0.2, -0.15) is 0 Å². The molecular formula is C14H22ClN. The van der Waals surface area contributed by atoms with Gasteiger partial charge >= 0.3 is 0 Å². The standard InChI is InChI=1S/C14H22ClN/c1-4-12(5-2)10-16-11(3)13-7-6-8-14(15)9-13/h6-9,11-12,16H,4-5,10H2,1-3H3/t11-/m1/s1. The first kappa shape index (κ1) is 13.5. The zero-order chi connectivity index (χ0) is 12.0. The minimum atomic E-state index is 0.374. The molecule has 2 heteroatoms. The van der Waals surface area contributed by atoms with Crippen molar-refractivity contribution in [1.29, 1.82) is 0 Å². The van der Waals surface area contributed by atoms with Gasteiger partial charge in [-0.25, -0.2) is 0 Å². The van der Waals surface area contributed by atoms with Gasteiger partial charge in [-0.05, 0) is 37.1 Å². The van der Waals surface area contributed by atoms with E-state index in [1.54, 1.807) is 0 Å².